The normalized spacial score (nSPS) is 28.9. The zero-order valence-corrected chi connectivity index (χ0v) is 10.1. The molecule has 2 saturated carbocycles. The zero-order valence-electron chi connectivity index (χ0n) is 10.1. The van der Waals surface area contributed by atoms with E-state index >= 15 is 0 Å². The Morgan fingerprint density at radius 3 is 2.58 bits per heavy atom. The van der Waals surface area contributed by atoms with Gasteiger partial charge in [0, 0.05) is 12.2 Å². The molecular formula is C13H13F3N2O. The number of fused-ring (bicyclic) bond motifs is 1. The lowest BCUT2D eigenvalue weighted by Crippen LogP contribution is -2.35. The average Bonchev–Trinajstić information content (AvgIpc) is 2.96. The van der Waals surface area contributed by atoms with Gasteiger partial charge < -0.3 is 5.32 Å². The highest BCUT2D eigenvalue weighted by Gasteiger charge is 2.46. The van der Waals surface area contributed by atoms with Gasteiger partial charge in [0.15, 0.2) is 0 Å². The van der Waals surface area contributed by atoms with E-state index in [1.54, 1.807) is 0 Å². The van der Waals surface area contributed by atoms with Crippen molar-refractivity contribution >= 4 is 5.91 Å². The third kappa shape index (κ3) is 2.43. The maximum absolute atomic E-state index is 12.8. The summed E-state index contributed by atoms with van der Waals surface area (Å²) in [7, 11) is 0. The molecule has 0 aromatic carbocycles. The Kier molecular flexibility index (Phi) is 2.76. The Bertz CT molecular complexity index is 505. The maximum Gasteiger partial charge on any atom is 0.418 e. The van der Waals surface area contributed by atoms with Gasteiger partial charge in [-0.1, -0.05) is 0 Å². The molecule has 1 heterocycles. The first-order valence-electron chi connectivity index (χ1n) is 6.28. The van der Waals surface area contributed by atoms with Gasteiger partial charge in [-0.05, 0) is 43.2 Å². The number of carbonyl (C=O) groups excluding carboxylic acids is 1. The monoisotopic (exact) mass is 270 g/mol. The van der Waals surface area contributed by atoms with Gasteiger partial charge in [0.05, 0.1) is 5.56 Å². The summed E-state index contributed by atoms with van der Waals surface area (Å²) in [5.41, 5.74) is -1.51. The van der Waals surface area contributed by atoms with Gasteiger partial charge in [-0.2, -0.15) is 13.2 Å². The molecule has 19 heavy (non-hydrogen) atoms. The van der Waals surface area contributed by atoms with E-state index in [1.165, 1.54) is 18.7 Å². The molecule has 6 heteroatoms. The van der Waals surface area contributed by atoms with Crippen molar-refractivity contribution < 1.29 is 18.0 Å². The fourth-order valence-corrected chi connectivity index (χ4v) is 2.90. The number of hydrogen-bond acceptors (Lipinski definition) is 2. The fourth-order valence-electron chi connectivity index (χ4n) is 2.90. The van der Waals surface area contributed by atoms with Crippen molar-refractivity contribution in [3.8, 4) is 0 Å². The summed E-state index contributed by atoms with van der Waals surface area (Å²) in [6, 6.07) is 2.07. The zero-order chi connectivity index (χ0) is 13.6. The van der Waals surface area contributed by atoms with Crippen molar-refractivity contribution in [2.24, 2.45) is 11.8 Å². The van der Waals surface area contributed by atoms with Crippen LogP contribution in [0.5, 0.6) is 0 Å². The molecule has 3 nitrogen and oxygen atoms in total. The number of carbonyl (C=O) groups is 1. The molecule has 2 aliphatic carbocycles. The molecule has 0 bridgehead atoms. The second kappa shape index (κ2) is 4.21. The third-order valence-corrected chi connectivity index (χ3v) is 3.91. The number of aromatic nitrogens is 1. The lowest BCUT2D eigenvalue weighted by Gasteiger charge is -2.16. The van der Waals surface area contributed by atoms with Gasteiger partial charge in [-0.15, -0.1) is 0 Å². The highest BCUT2D eigenvalue weighted by atomic mass is 19.4. The molecule has 3 rings (SSSR count). The van der Waals surface area contributed by atoms with Crippen LogP contribution in [0.15, 0.2) is 18.3 Å². The molecule has 2 fully saturated rings. The van der Waals surface area contributed by atoms with E-state index in [4.69, 9.17) is 0 Å². The number of rotatable bonds is 2. The predicted molar refractivity (Wildman–Crippen MR) is 61.3 cm³/mol. The van der Waals surface area contributed by atoms with E-state index in [0.29, 0.717) is 11.8 Å². The van der Waals surface area contributed by atoms with E-state index in [2.05, 4.69) is 10.3 Å². The minimum atomic E-state index is -4.56. The molecule has 0 radical (unpaired) electrons. The number of halogens is 3. The van der Waals surface area contributed by atoms with Gasteiger partial charge in [0.2, 0.25) is 0 Å². The van der Waals surface area contributed by atoms with Crippen LogP contribution in [0.25, 0.3) is 0 Å². The number of alkyl halides is 3. The van der Waals surface area contributed by atoms with Crippen LogP contribution in [0.3, 0.4) is 0 Å². The summed E-state index contributed by atoms with van der Waals surface area (Å²) in [5.74, 6) is 0.603. The van der Waals surface area contributed by atoms with Gasteiger partial charge >= 0.3 is 6.18 Å². The Labute approximate surface area is 108 Å². The highest BCUT2D eigenvalue weighted by Crippen LogP contribution is 2.51. The van der Waals surface area contributed by atoms with Crippen LogP contribution < -0.4 is 5.32 Å². The van der Waals surface area contributed by atoms with E-state index in [1.807, 2.05) is 0 Å². The largest absolute Gasteiger partial charge is 0.418 e. The van der Waals surface area contributed by atoms with Crippen LogP contribution in [0.2, 0.25) is 0 Å². The quantitative estimate of drug-likeness (QED) is 0.897. The van der Waals surface area contributed by atoms with Crippen molar-refractivity contribution in [2.75, 3.05) is 0 Å². The molecule has 3 atom stereocenters. The lowest BCUT2D eigenvalue weighted by molar-refractivity contribution is -0.138. The molecule has 1 N–H and O–H groups in total. The van der Waals surface area contributed by atoms with Gasteiger partial charge in [0.25, 0.3) is 5.91 Å². The Balaban J connectivity index is 1.76. The second-order valence-electron chi connectivity index (χ2n) is 5.29. The molecule has 102 valence electrons. The third-order valence-electron chi connectivity index (χ3n) is 3.91. The molecule has 0 spiro atoms. The number of nitrogens with zero attached hydrogens (tertiary/aromatic N) is 1. The van der Waals surface area contributed by atoms with Gasteiger partial charge in [-0.25, -0.2) is 0 Å². The summed E-state index contributed by atoms with van der Waals surface area (Å²) in [6.45, 7) is 0. The summed E-state index contributed by atoms with van der Waals surface area (Å²) in [4.78, 5) is 15.5. The van der Waals surface area contributed by atoms with Crippen LogP contribution in [0.4, 0.5) is 13.2 Å². The first kappa shape index (κ1) is 12.4. The highest BCUT2D eigenvalue weighted by molar-refractivity contribution is 5.94. The molecule has 0 saturated heterocycles. The standard InChI is InChI=1S/C13H13F3N2O/c14-13(15,16)10-2-1-3-17-11(10)12(19)18-9-5-7-4-8(7)6-9/h1-3,7-9H,4-6H2,(H,18,19)/t7-,8+,9-. The molecule has 1 aromatic rings. The van der Waals surface area contributed by atoms with Crippen molar-refractivity contribution in [3.63, 3.8) is 0 Å². The Hall–Kier alpha value is -1.59. The molecular weight excluding hydrogens is 257 g/mol. The molecule has 1 aromatic heterocycles. The van der Waals surface area contributed by atoms with Gasteiger partial charge in [0.1, 0.15) is 5.69 Å². The fraction of sp³-hybridized carbons (Fsp3) is 0.538. The lowest BCUT2D eigenvalue weighted by atomic mass is 10.1. The average molecular weight is 270 g/mol. The number of hydrogen-bond donors (Lipinski definition) is 1. The second-order valence-corrected chi connectivity index (χ2v) is 5.29. The first-order valence-corrected chi connectivity index (χ1v) is 6.28. The van der Waals surface area contributed by atoms with Crippen molar-refractivity contribution in [1.82, 2.24) is 10.3 Å². The van der Waals surface area contributed by atoms with Crippen molar-refractivity contribution in [3.05, 3.63) is 29.6 Å². The molecule has 2 aliphatic rings. The van der Waals surface area contributed by atoms with E-state index in [9.17, 15) is 18.0 Å². The van der Waals surface area contributed by atoms with E-state index in [0.717, 1.165) is 18.9 Å². The van der Waals surface area contributed by atoms with Crippen LogP contribution in [-0.2, 0) is 6.18 Å². The summed E-state index contributed by atoms with van der Waals surface area (Å²) in [6.07, 6.45) is -0.395. The summed E-state index contributed by atoms with van der Waals surface area (Å²) in [5, 5.41) is 2.67. The van der Waals surface area contributed by atoms with Gasteiger partial charge in [-0.3, -0.25) is 9.78 Å². The number of amides is 1. The SMILES string of the molecule is O=C(N[C@H]1C[C@@H]2C[C@@H]2C1)c1ncccc1C(F)(F)F. The molecule has 0 aliphatic heterocycles. The van der Waals surface area contributed by atoms with E-state index < -0.39 is 23.3 Å². The van der Waals surface area contributed by atoms with Crippen LogP contribution >= 0.6 is 0 Å². The maximum atomic E-state index is 12.8. The number of nitrogens with one attached hydrogen (secondary N) is 1. The molecule has 0 unspecified atom stereocenters. The molecule has 1 amide bonds. The topological polar surface area (TPSA) is 42.0 Å². The van der Waals surface area contributed by atoms with Crippen LogP contribution in [-0.4, -0.2) is 16.9 Å². The Morgan fingerprint density at radius 2 is 1.95 bits per heavy atom. The van der Waals surface area contributed by atoms with E-state index in [-0.39, 0.29) is 6.04 Å². The minimum Gasteiger partial charge on any atom is -0.348 e. The smallest absolute Gasteiger partial charge is 0.348 e. The Morgan fingerprint density at radius 1 is 1.26 bits per heavy atom. The first-order chi connectivity index (χ1) is 8.95. The number of pyridine rings is 1. The van der Waals surface area contributed by atoms with Crippen LogP contribution in [0, 0.1) is 11.8 Å². The van der Waals surface area contributed by atoms with Crippen molar-refractivity contribution in [1.29, 1.82) is 0 Å². The minimum absolute atomic E-state index is 0.000611. The van der Waals surface area contributed by atoms with Crippen LogP contribution in [0.1, 0.15) is 35.3 Å². The summed E-state index contributed by atoms with van der Waals surface area (Å²) >= 11 is 0. The van der Waals surface area contributed by atoms with Crippen molar-refractivity contribution in [2.45, 2.75) is 31.5 Å². The summed E-state index contributed by atoms with van der Waals surface area (Å²) < 4.78 is 38.3. The predicted octanol–water partition coefficient (Wildman–Crippen LogP) is 2.63.